The summed E-state index contributed by atoms with van der Waals surface area (Å²) in [5.41, 5.74) is 5.76. The minimum atomic E-state index is -0.227. The van der Waals surface area contributed by atoms with Crippen LogP contribution in [0.1, 0.15) is 5.82 Å². The van der Waals surface area contributed by atoms with Gasteiger partial charge in [0.25, 0.3) is 0 Å². The Labute approximate surface area is 99.3 Å². The van der Waals surface area contributed by atoms with E-state index in [2.05, 4.69) is 15.5 Å². The number of carbonyl (C=O) groups is 1. The summed E-state index contributed by atoms with van der Waals surface area (Å²) in [6.07, 6.45) is 2.29. The van der Waals surface area contributed by atoms with Gasteiger partial charge in [0.05, 0.1) is 19.1 Å². The van der Waals surface area contributed by atoms with Gasteiger partial charge in [0, 0.05) is 26.1 Å². The summed E-state index contributed by atoms with van der Waals surface area (Å²) in [6, 6.07) is -0.190. The minimum absolute atomic E-state index is 0.0443. The third kappa shape index (κ3) is 2.80. The molecular weight excluding hydrogens is 222 g/mol. The van der Waals surface area contributed by atoms with Crippen molar-refractivity contribution in [3.63, 3.8) is 0 Å². The summed E-state index contributed by atoms with van der Waals surface area (Å²) in [5.74, 6) is 0.573. The first-order valence-corrected chi connectivity index (χ1v) is 5.62. The maximum absolute atomic E-state index is 11.8. The normalized spacial score (nSPS) is 23.9. The summed E-state index contributed by atoms with van der Waals surface area (Å²) in [5, 5.41) is 10.5. The number of rotatable bonds is 4. The monoisotopic (exact) mass is 239 g/mol. The number of nitrogens with zero attached hydrogens (tertiary/aromatic N) is 3. The van der Waals surface area contributed by atoms with Crippen LogP contribution in [0.15, 0.2) is 6.33 Å². The van der Waals surface area contributed by atoms with Crippen LogP contribution < -0.4 is 11.1 Å². The number of hydrogen-bond acceptors (Lipinski definition) is 5. The highest BCUT2D eigenvalue weighted by atomic mass is 16.5. The first-order chi connectivity index (χ1) is 8.18. The van der Waals surface area contributed by atoms with E-state index >= 15 is 0 Å². The van der Waals surface area contributed by atoms with Crippen molar-refractivity contribution in [1.29, 1.82) is 0 Å². The predicted octanol–water partition coefficient (Wildman–Crippen LogP) is -1.55. The number of aryl methyl sites for hydroxylation is 1. The molecular formula is C10H17N5O2. The Morgan fingerprint density at radius 2 is 2.53 bits per heavy atom. The number of hydrogen-bond donors (Lipinski definition) is 2. The van der Waals surface area contributed by atoms with Crippen LogP contribution in [0.2, 0.25) is 0 Å². The molecule has 0 aromatic carbocycles. The molecule has 2 heterocycles. The van der Waals surface area contributed by atoms with Crippen LogP contribution in [0, 0.1) is 5.92 Å². The number of nitrogens with two attached hydrogens (primary N) is 1. The van der Waals surface area contributed by atoms with Crippen LogP contribution in [0.5, 0.6) is 0 Å². The molecule has 94 valence electrons. The SMILES string of the molecule is Cn1cnnc1CCNC(=O)C1COCC1N. The zero-order valence-electron chi connectivity index (χ0n) is 9.80. The van der Waals surface area contributed by atoms with Crippen LogP contribution in [-0.4, -0.2) is 46.5 Å². The van der Waals surface area contributed by atoms with Crippen molar-refractivity contribution in [2.45, 2.75) is 12.5 Å². The van der Waals surface area contributed by atoms with E-state index in [1.54, 1.807) is 6.33 Å². The lowest BCUT2D eigenvalue weighted by Gasteiger charge is -2.12. The highest BCUT2D eigenvalue weighted by Crippen LogP contribution is 2.11. The maximum Gasteiger partial charge on any atom is 0.227 e. The first-order valence-electron chi connectivity index (χ1n) is 5.62. The van der Waals surface area contributed by atoms with E-state index in [1.807, 2.05) is 11.6 Å². The summed E-state index contributed by atoms with van der Waals surface area (Å²) >= 11 is 0. The molecule has 7 heteroatoms. The molecule has 2 rings (SSSR count). The van der Waals surface area contributed by atoms with Crippen molar-refractivity contribution in [2.24, 2.45) is 18.7 Å². The van der Waals surface area contributed by atoms with Crippen molar-refractivity contribution in [3.8, 4) is 0 Å². The van der Waals surface area contributed by atoms with Gasteiger partial charge in [-0.3, -0.25) is 4.79 Å². The van der Waals surface area contributed by atoms with Gasteiger partial charge in [-0.25, -0.2) is 0 Å². The molecule has 3 N–H and O–H groups in total. The summed E-state index contributed by atoms with van der Waals surface area (Å²) in [4.78, 5) is 11.8. The van der Waals surface area contributed by atoms with Gasteiger partial charge in [-0.05, 0) is 0 Å². The quantitative estimate of drug-likeness (QED) is 0.663. The Morgan fingerprint density at radius 1 is 1.71 bits per heavy atom. The number of aromatic nitrogens is 3. The van der Waals surface area contributed by atoms with Gasteiger partial charge in [0.1, 0.15) is 12.2 Å². The third-order valence-electron chi connectivity index (χ3n) is 2.91. The van der Waals surface area contributed by atoms with Gasteiger partial charge in [-0.2, -0.15) is 0 Å². The van der Waals surface area contributed by atoms with E-state index in [9.17, 15) is 4.79 Å². The van der Waals surface area contributed by atoms with Gasteiger partial charge < -0.3 is 20.4 Å². The number of carbonyl (C=O) groups excluding carboxylic acids is 1. The van der Waals surface area contributed by atoms with Crippen LogP contribution >= 0.6 is 0 Å². The number of amides is 1. The standard InChI is InChI=1S/C10H17N5O2/c1-15-6-13-14-9(15)2-3-12-10(16)7-4-17-5-8(7)11/h6-8H,2-5,11H2,1H3,(H,12,16). The Hall–Kier alpha value is -1.47. The molecule has 1 aliphatic heterocycles. The smallest absolute Gasteiger partial charge is 0.227 e. The summed E-state index contributed by atoms with van der Waals surface area (Å²) in [7, 11) is 1.87. The fraction of sp³-hybridized carbons (Fsp3) is 0.700. The second-order valence-electron chi connectivity index (χ2n) is 4.21. The van der Waals surface area contributed by atoms with E-state index in [0.717, 1.165) is 5.82 Å². The molecule has 2 atom stereocenters. The molecule has 2 unspecified atom stereocenters. The van der Waals surface area contributed by atoms with E-state index in [0.29, 0.717) is 26.2 Å². The fourth-order valence-electron chi connectivity index (χ4n) is 1.80. The summed E-state index contributed by atoms with van der Waals surface area (Å²) < 4.78 is 6.98. The minimum Gasteiger partial charge on any atom is -0.379 e. The van der Waals surface area contributed by atoms with E-state index in [-0.39, 0.29) is 17.9 Å². The molecule has 1 fully saturated rings. The lowest BCUT2D eigenvalue weighted by molar-refractivity contribution is -0.125. The fourth-order valence-corrected chi connectivity index (χ4v) is 1.80. The molecule has 1 aromatic heterocycles. The number of ether oxygens (including phenoxy) is 1. The Kier molecular flexibility index (Phi) is 3.70. The Morgan fingerprint density at radius 3 is 3.12 bits per heavy atom. The Bertz CT molecular complexity index is 392. The zero-order chi connectivity index (χ0) is 12.3. The predicted molar refractivity (Wildman–Crippen MR) is 60.0 cm³/mol. The van der Waals surface area contributed by atoms with Crippen LogP contribution in [0.25, 0.3) is 0 Å². The van der Waals surface area contributed by atoms with E-state index < -0.39 is 0 Å². The lowest BCUT2D eigenvalue weighted by atomic mass is 10.0. The molecule has 0 bridgehead atoms. The largest absolute Gasteiger partial charge is 0.379 e. The van der Waals surface area contributed by atoms with Crippen molar-refractivity contribution in [2.75, 3.05) is 19.8 Å². The molecule has 1 saturated heterocycles. The highest BCUT2D eigenvalue weighted by molar-refractivity contribution is 5.79. The van der Waals surface area contributed by atoms with Gasteiger partial charge in [0.15, 0.2) is 0 Å². The lowest BCUT2D eigenvalue weighted by Crippen LogP contribution is -2.41. The molecule has 0 radical (unpaired) electrons. The van der Waals surface area contributed by atoms with Crippen LogP contribution in [0.4, 0.5) is 0 Å². The topological polar surface area (TPSA) is 95.1 Å². The third-order valence-corrected chi connectivity index (χ3v) is 2.91. The van der Waals surface area contributed by atoms with Gasteiger partial charge >= 0.3 is 0 Å². The molecule has 17 heavy (non-hydrogen) atoms. The van der Waals surface area contributed by atoms with Crippen LogP contribution in [0.3, 0.4) is 0 Å². The first kappa shape index (κ1) is 12.0. The van der Waals surface area contributed by atoms with E-state index in [1.165, 1.54) is 0 Å². The average Bonchev–Trinajstić information content (AvgIpc) is 2.88. The molecule has 1 aliphatic rings. The van der Waals surface area contributed by atoms with E-state index in [4.69, 9.17) is 10.5 Å². The molecule has 0 saturated carbocycles. The Balaban J connectivity index is 1.75. The van der Waals surface area contributed by atoms with Gasteiger partial charge in [0.2, 0.25) is 5.91 Å². The second kappa shape index (κ2) is 5.24. The molecule has 0 aliphatic carbocycles. The summed E-state index contributed by atoms with van der Waals surface area (Å²) in [6.45, 7) is 1.41. The molecule has 1 amide bonds. The number of nitrogens with one attached hydrogen (secondary N) is 1. The van der Waals surface area contributed by atoms with Crippen molar-refractivity contribution in [1.82, 2.24) is 20.1 Å². The molecule has 7 nitrogen and oxygen atoms in total. The highest BCUT2D eigenvalue weighted by Gasteiger charge is 2.30. The zero-order valence-corrected chi connectivity index (χ0v) is 9.80. The molecule has 0 spiro atoms. The van der Waals surface area contributed by atoms with Crippen molar-refractivity contribution < 1.29 is 9.53 Å². The van der Waals surface area contributed by atoms with Crippen LogP contribution in [-0.2, 0) is 23.0 Å². The average molecular weight is 239 g/mol. The van der Waals surface area contributed by atoms with Gasteiger partial charge in [-0.15, -0.1) is 10.2 Å². The van der Waals surface area contributed by atoms with Crippen molar-refractivity contribution in [3.05, 3.63) is 12.2 Å². The maximum atomic E-state index is 11.8. The molecule has 1 aromatic rings. The second-order valence-corrected chi connectivity index (χ2v) is 4.21. The van der Waals surface area contributed by atoms with Gasteiger partial charge in [-0.1, -0.05) is 0 Å². The van der Waals surface area contributed by atoms with Crippen molar-refractivity contribution >= 4 is 5.91 Å².